The Balaban J connectivity index is 1.33. The van der Waals surface area contributed by atoms with Crippen LogP contribution < -0.4 is 14.5 Å². The molecule has 0 saturated heterocycles. The number of rotatable bonds is 5. The number of likely N-dealkylation sites (N-methyl/N-ethyl adjacent to an activating group) is 1. The molecule has 34 heavy (non-hydrogen) atoms. The van der Waals surface area contributed by atoms with E-state index in [4.69, 9.17) is 11.6 Å². The number of halogens is 1. The number of sulfonamides is 1. The summed E-state index contributed by atoms with van der Waals surface area (Å²) < 4.78 is 28.4. The second kappa shape index (κ2) is 8.54. The van der Waals surface area contributed by atoms with Gasteiger partial charge >= 0.3 is 0 Å². The van der Waals surface area contributed by atoms with Crippen molar-refractivity contribution in [3.05, 3.63) is 87.9 Å². The third kappa shape index (κ3) is 4.09. The zero-order valence-electron chi connectivity index (χ0n) is 18.4. The van der Waals surface area contributed by atoms with Crippen molar-refractivity contribution in [2.24, 2.45) is 0 Å². The van der Waals surface area contributed by atoms with Crippen molar-refractivity contribution >= 4 is 44.8 Å². The van der Waals surface area contributed by atoms with Gasteiger partial charge in [0.25, 0.3) is 5.91 Å². The van der Waals surface area contributed by atoms with E-state index in [1.54, 1.807) is 48.3 Å². The average molecular weight is 496 g/mol. The third-order valence-electron chi connectivity index (χ3n) is 6.29. The van der Waals surface area contributed by atoms with Crippen molar-refractivity contribution in [1.82, 2.24) is 4.72 Å². The molecule has 3 aromatic carbocycles. The van der Waals surface area contributed by atoms with Crippen LogP contribution in [0.5, 0.6) is 0 Å². The number of amides is 2. The van der Waals surface area contributed by atoms with E-state index in [0.29, 0.717) is 22.7 Å². The molecule has 0 bridgehead atoms. The first-order chi connectivity index (χ1) is 16.2. The molecule has 0 radical (unpaired) electrons. The van der Waals surface area contributed by atoms with Gasteiger partial charge in [0.05, 0.1) is 11.3 Å². The van der Waals surface area contributed by atoms with Crippen LogP contribution >= 0.6 is 11.6 Å². The second-order valence-corrected chi connectivity index (χ2v) is 10.6. The maximum absolute atomic E-state index is 13.0. The Morgan fingerprint density at radius 2 is 1.76 bits per heavy atom. The fraction of sp³-hybridized carbons (Fsp3) is 0.200. The van der Waals surface area contributed by atoms with Crippen molar-refractivity contribution in [2.75, 3.05) is 23.4 Å². The van der Waals surface area contributed by atoms with Crippen molar-refractivity contribution in [3.63, 3.8) is 0 Å². The van der Waals surface area contributed by atoms with E-state index in [9.17, 15) is 18.0 Å². The molecule has 7 nitrogen and oxygen atoms in total. The minimum absolute atomic E-state index is 0.0617. The molecular weight excluding hydrogens is 474 g/mol. The van der Waals surface area contributed by atoms with E-state index in [1.165, 1.54) is 11.0 Å². The van der Waals surface area contributed by atoms with Gasteiger partial charge in [0.1, 0.15) is 0 Å². The van der Waals surface area contributed by atoms with Crippen LogP contribution in [0.2, 0.25) is 5.02 Å². The highest BCUT2D eigenvalue weighted by Crippen LogP contribution is 2.32. The first-order valence-electron chi connectivity index (χ1n) is 10.8. The Morgan fingerprint density at radius 1 is 1.00 bits per heavy atom. The molecule has 1 N–H and O–H groups in total. The zero-order chi connectivity index (χ0) is 24.0. The van der Waals surface area contributed by atoms with Crippen LogP contribution in [0, 0.1) is 0 Å². The maximum atomic E-state index is 13.0. The molecule has 5 rings (SSSR count). The van der Waals surface area contributed by atoms with E-state index >= 15 is 0 Å². The maximum Gasteiger partial charge on any atom is 0.258 e. The zero-order valence-corrected chi connectivity index (χ0v) is 20.0. The summed E-state index contributed by atoms with van der Waals surface area (Å²) in [6, 6.07) is 17.1. The number of nitrogens with zero attached hydrogens (tertiary/aromatic N) is 2. The van der Waals surface area contributed by atoms with Gasteiger partial charge in [0.2, 0.25) is 15.9 Å². The Bertz CT molecular complexity index is 1420. The summed E-state index contributed by atoms with van der Waals surface area (Å²) in [5, 5.41) is 0.565. The van der Waals surface area contributed by atoms with Crippen LogP contribution in [-0.4, -0.2) is 33.8 Å². The van der Waals surface area contributed by atoms with Gasteiger partial charge in [-0.3, -0.25) is 9.59 Å². The van der Waals surface area contributed by atoms with Gasteiger partial charge in [-0.25, -0.2) is 13.1 Å². The predicted octanol–water partition coefficient (Wildman–Crippen LogP) is 3.54. The summed E-state index contributed by atoms with van der Waals surface area (Å²) in [7, 11) is -2.10. The standard InChI is InChI=1S/C25H22ClN3O4S/c1-28-22-9-8-21(13-19(22)14-24(28)30)34(32,33)27-15-16-2-3-17-10-11-29(23(17)12-16)25(31)18-4-6-20(26)7-5-18/h2-9,12-13,27H,10-11,14-15H2,1H3. The fourth-order valence-electron chi connectivity index (χ4n) is 4.37. The first-order valence-corrected chi connectivity index (χ1v) is 12.7. The molecule has 0 saturated carbocycles. The molecule has 0 unspecified atom stereocenters. The molecule has 2 aliphatic rings. The highest BCUT2D eigenvalue weighted by atomic mass is 35.5. The van der Waals surface area contributed by atoms with Gasteiger partial charge in [0.15, 0.2) is 0 Å². The van der Waals surface area contributed by atoms with Gasteiger partial charge in [-0.1, -0.05) is 23.7 Å². The number of carbonyl (C=O) groups excluding carboxylic acids is 2. The smallest absolute Gasteiger partial charge is 0.258 e. The summed E-state index contributed by atoms with van der Waals surface area (Å²) >= 11 is 5.94. The summed E-state index contributed by atoms with van der Waals surface area (Å²) in [4.78, 5) is 28.3. The van der Waals surface area contributed by atoms with Crippen LogP contribution in [0.3, 0.4) is 0 Å². The van der Waals surface area contributed by atoms with Gasteiger partial charge in [-0.2, -0.15) is 0 Å². The highest BCUT2D eigenvalue weighted by Gasteiger charge is 2.28. The van der Waals surface area contributed by atoms with Crippen LogP contribution in [0.25, 0.3) is 0 Å². The SMILES string of the molecule is CN1C(=O)Cc2cc(S(=O)(=O)NCc3ccc4c(c3)N(C(=O)c3ccc(Cl)cc3)CC4)ccc21. The molecule has 3 aromatic rings. The van der Waals surface area contributed by atoms with Crippen LogP contribution in [0.4, 0.5) is 11.4 Å². The lowest BCUT2D eigenvalue weighted by atomic mass is 10.1. The molecule has 2 heterocycles. The summed E-state index contributed by atoms with van der Waals surface area (Å²) in [5.74, 6) is -0.181. The van der Waals surface area contributed by atoms with Gasteiger partial charge in [0, 0.05) is 42.1 Å². The molecular formula is C25H22ClN3O4S. The number of hydrogen-bond donors (Lipinski definition) is 1. The monoisotopic (exact) mass is 495 g/mol. The lowest BCUT2D eigenvalue weighted by Gasteiger charge is -2.18. The minimum atomic E-state index is -3.78. The molecule has 0 aliphatic carbocycles. The Kier molecular flexibility index (Phi) is 5.67. The van der Waals surface area contributed by atoms with Crippen molar-refractivity contribution < 1.29 is 18.0 Å². The predicted molar refractivity (Wildman–Crippen MR) is 131 cm³/mol. The van der Waals surface area contributed by atoms with E-state index < -0.39 is 10.0 Å². The lowest BCUT2D eigenvalue weighted by Crippen LogP contribution is -2.29. The number of anilines is 2. The highest BCUT2D eigenvalue weighted by molar-refractivity contribution is 7.89. The van der Waals surface area contributed by atoms with E-state index in [1.807, 2.05) is 18.2 Å². The van der Waals surface area contributed by atoms with Gasteiger partial charge < -0.3 is 9.80 Å². The van der Waals surface area contributed by atoms with E-state index in [-0.39, 0.29) is 29.7 Å². The van der Waals surface area contributed by atoms with E-state index in [0.717, 1.165) is 28.9 Å². The summed E-state index contributed by atoms with van der Waals surface area (Å²) in [6.45, 7) is 0.642. The quantitative estimate of drug-likeness (QED) is 0.586. The normalized spacial score (nSPS) is 14.9. The van der Waals surface area contributed by atoms with Crippen molar-refractivity contribution in [3.8, 4) is 0 Å². The lowest BCUT2D eigenvalue weighted by molar-refractivity contribution is -0.117. The molecule has 0 atom stereocenters. The number of fused-ring (bicyclic) bond motifs is 2. The number of benzene rings is 3. The Morgan fingerprint density at radius 3 is 2.53 bits per heavy atom. The Hall–Kier alpha value is -3.20. The van der Waals surface area contributed by atoms with Crippen molar-refractivity contribution in [1.29, 1.82) is 0 Å². The van der Waals surface area contributed by atoms with Gasteiger partial charge in [-0.05, 0) is 71.6 Å². The first kappa shape index (κ1) is 22.6. The number of hydrogen-bond acceptors (Lipinski definition) is 4. The van der Waals surface area contributed by atoms with E-state index in [2.05, 4.69) is 4.72 Å². The van der Waals surface area contributed by atoms with Crippen LogP contribution in [0.1, 0.15) is 27.0 Å². The second-order valence-electron chi connectivity index (χ2n) is 8.42. The van der Waals surface area contributed by atoms with Gasteiger partial charge in [-0.15, -0.1) is 0 Å². The van der Waals surface area contributed by atoms with Crippen LogP contribution in [-0.2, 0) is 34.2 Å². The molecule has 0 fully saturated rings. The minimum Gasteiger partial charge on any atom is -0.315 e. The molecule has 0 aromatic heterocycles. The number of carbonyl (C=O) groups is 2. The molecule has 0 spiro atoms. The summed E-state index contributed by atoms with van der Waals surface area (Å²) in [6.07, 6.45) is 0.931. The average Bonchev–Trinajstić information content (AvgIpc) is 3.37. The third-order valence-corrected chi connectivity index (χ3v) is 7.94. The molecule has 9 heteroatoms. The summed E-state index contributed by atoms with van der Waals surface area (Å²) in [5.41, 5.74) is 4.55. The molecule has 2 aliphatic heterocycles. The Labute approximate surface area is 203 Å². The van der Waals surface area contributed by atoms with Crippen LogP contribution in [0.15, 0.2) is 65.6 Å². The number of nitrogens with one attached hydrogen (secondary N) is 1. The fourth-order valence-corrected chi connectivity index (χ4v) is 5.56. The molecule has 174 valence electrons. The topological polar surface area (TPSA) is 86.8 Å². The largest absolute Gasteiger partial charge is 0.315 e. The van der Waals surface area contributed by atoms with Crippen molar-refractivity contribution in [2.45, 2.75) is 24.3 Å². The molecule has 2 amide bonds.